The summed E-state index contributed by atoms with van der Waals surface area (Å²) in [6.45, 7) is 1.89. The lowest BCUT2D eigenvalue weighted by Gasteiger charge is -2.16. The monoisotopic (exact) mass is 369 g/mol. The molecule has 0 aliphatic carbocycles. The molecule has 1 unspecified atom stereocenters. The minimum Gasteiger partial charge on any atom is -0.493 e. The number of methoxy groups -OCH3 is 3. The van der Waals surface area contributed by atoms with Crippen molar-refractivity contribution in [3.8, 4) is 17.2 Å². The van der Waals surface area contributed by atoms with Gasteiger partial charge in [0.2, 0.25) is 11.7 Å². The Morgan fingerprint density at radius 3 is 2.44 bits per heavy atom. The molecule has 0 aliphatic rings. The second-order valence-corrected chi connectivity index (χ2v) is 6.15. The molecule has 0 radical (unpaired) electrons. The van der Waals surface area contributed by atoms with E-state index in [4.69, 9.17) is 18.6 Å². The third-order valence-electron chi connectivity index (χ3n) is 4.39. The number of amides is 1. The van der Waals surface area contributed by atoms with Crippen LogP contribution in [0, 0.1) is 0 Å². The van der Waals surface area contributed by atoms with E-state index in [1.807, 2.05) is 37.3 Å². The molecule has 1 N–H and O–H groups in total. The molecule has 0 spiro atoms. The van der Waals surface area contributed by atoms with Crippen LogP contribution in [0.15, 0.2) is 46.9 Å². The van der Waals surface area contributed by atoms with Gasteiger partial charge in [-0.2, -0.15) is 0 Å². The number of benzene rings is 2. The van der Waals surface area contributed by atoms with Crippen LogP contribution in [-0.2, 0) is 11.2 Å². The largest absolute Gasteiger partial charge is 0.493 e. The number of rotatable bonds is 7. The zero-order valence-electron chi connectivity index (χ0n) is 15.9. The summed E-state index contributed by atoms with van der Waals surface area (Å²) >= 11 is 0. The van der Waals surface area contributed by atoms with Gasteiger partial charge in [0.1, 0.15) is 11.3 Å². The number of carbonyl (C=O) groups excluding carboxylic acids is 1. The predicted octanol–water partition coefficient (Wildman–Crippen LogP) is 3.88. The van der Waals surface area contributed by atoms with Crippen LogP contribution in [0.2, 0.25) is 0 Å². The predicted molar refractivity (Wildman–Crippen MR) is 103 cm³/mol. The van der Waals surface area contributed by atoms with Crippen LogP contribution in [0.25, 0.3) is 11.0 Å². The van der Waals surface area contributed by atoms with Gasteiger partial charge in [-0.3, -0.25) is 4.79 Å². The van der Waals surface area contributed by atoms with E-state index in [1.165, 1.54) is 14.2 Å². The third-order valence-corrected chi connectivity index (χ3v) is 4.39. The molecular formula is C21H23NO5. The van der Waals surface area contributed by atoms with Crippen molar-refractivity contribution in [2.75, 3.05) is 21.3 Å². The molecule has 27 heavy (non-hydrogen) atoms. The molecule has 2 aromatic carbocycles. The van der Waals surface area contributed by atoms with Crippen molar-refractivity contribution in [1.82, 2.24) is 5.32 Å². The first-order valence-electron chi connectivity index (χ1n) is 8.63. The van der Waals surface area contributed by atoms with E-state index < -0.39 is 0 Å². The maximum Gasteiger partial charge on any atom is 0.225 e. The van der Waals surface area contributed by atoms with Crippen LogP contribution < -0.4 is 19.5 Å². The fraction of sp³-hybridized carbons (Fsp3) is 0.286. The average Bonchev–Trinajstić information content (AvgIpc) is 3.11. The van der Waals surface area contributed by atoms with Crippen LogP contribution in [0.4, 0.5) is 0 Å². The molecule has 0 saturated heterocycles. The Morgan fingerprint density at radius 2 is 1.78 bits per heavy atom. The summed E-state index contributed by atoms with van der Waals surface area (Å²) in [7, 11) is 4.63. The van der Waals surface area contributed by atoms with Crippen LogP contribution in [0.5, 0.6) is 17.2 Å². The molecule has 1 atom stereocenters. The van der Waals surface area contributed by atoms with E-state index in [-0.39, 0.29) is 18.4 Å². The first-order chi connectivity index (χ1) is 13.1. The first-order valence-corrected chi connectivity index (χ1v) is 8.63. The summed E-state index contributed by atoms with van der Waals surface area (Å²) in [5, 5.41) is 3.97. The van der Waals surface area contributed by atoms with Gasteiger partial charge in [-0.25, -0.2) is 0 Å². The van der Waals surface area contributed by atoms with E-state index in [0.29, 0.717) is 28.6 Å². The highest BCUT2D eigenvalue weighted by Crippen LogP contribution is 2.39. The van der Waals surface area contributed by atoms with Crippen molar-refractivity contribution in [3.63, 3.8) is 0 Å². The van der Waals surface area contributed by atoms with E-state index in [0.717, 1.165) is 11.0 Å². The molecule has 1 aromatic heterocycles. The molecular weight excluding hydrogens is 346 g/mol. The van der Waals surface area contributed by atoms with Crippen LogP contribution in [-0.4, -0.2) is 27.2 Å². The zero-order chi connectivity index (χ0) is 19.4. The number of hydrogen-bond donors (Lipinski definition) is 1. The second-order valence-electron chi connectivity index (χ2n) is 6.15. The number of carbonyl (C=O) groups is 1. The quantitative estimate of drug-likeness (QED) is 0.684. The molecule has 0 saturated carbocycles. The van der Waals surface area contributed by atoms with Gasteiger partial charge in [0.05, 0.1) is 33.8 Å². The average molecular weight is 369 g/mol. The number of fused-ring (bicyclic) bond motifs is 1. The highest BCUT2D eigenvalue weighted by Gasteiger charge is 2.20. The smallest absolute Gasteiger partial charge is 0.225 e. The molecule has 6 heteroatoms. The number of furan rings is 1. The Bertz CT molecular complexity index is 914. The Balaban J connectivity index is 1.75. The molecule has 6 nitrogen and oxygen atoms in total. The second kappa shape index (κ2) is 8.03. The van der Waals surface area contributed by atoms with E-state index in [2.05, 4.69) is 5.32 Å². The van der Waals surface area contributed by atoms with Crippen molar-refractivity contribution in [3.05, 3.63) is 53.8 Å². The number of ether oxygens (including phenoxy) is 3. The maximum atomic E-state index is 12.6. The highest BCUT2D eigenvalue weighted by molar-refractivity contribution is 5.81. The minimum atomic E-state index is -0.254. The van der Waals surface area contributed by atoms with E-state index >= 15 is 0 Å². The van der Waals surface area contributed by atoms with Crippen LogP contribution >= 0.6 is 0 Å². The summed E-state index contributed by atoms with van der Waals surface area (Å²) in [6, 6.07) is 13.0. The Labute approximate surface area is 158 Å². The maximum absolute atomic E-state index is 12.6. The normalized spacial score (nSPS) is 11.9. The van der Waals surface area contributed by atoms with Crippen LogP contribution in [0.1, 0.15) is 24.3 Å². The number of para-hydroxylation sites is 1. The molecule has 0 fully saturated rings. The summed E-state index contributed by atoms with van der Waals surface area (Å²) in [4.78, 5) is 12.6. The lowest BCUT2D eigenvalue weighted by atomic mass is 10.1. The molecule has 0 aliphatic heterocycles. The fourth-order valence-corrected chi connectivity index (χ4v) is 3.05. The molecule has 1 heterocycles. The summed E-state index contributed by atoms with van der Waals surface area (Å²) in [6.07, 6.45) is 0.147. The lowest BCUT2D eigenvalue weighted by molar-refractivity contribution is -0.121. The van der Waals surface area contributed by atoms with Gasteiger partial charge in [0, 0.05) is 10.9 Å². The van der Waals surface area contributed by atoms with Gasteiger partial charge in [0.25, 0.3) is 0 Å². The third kappa shape index (κ3) is 3.84. The molecule has 1 amide bonds. The summed E-state index contributed by atoms with van der Waals surface area (Å²) in [5.41, 5.74) is 1.51. The van der Waals surface area contributed by atoms with Gasteiger partial charge in [-0.15, -0.1) is 0 Å². The fourth-order valence-electron chi connectivity index (χ4n) is 3.05. The van der Waals surface area contributed by atoms with Crippen molar-refractivity contribution < 1.29 is 23.4 Å². The Hall–Kier alpha value is -3.15. The number of nitrogens with one attached hydrogen (secondary N) is 1. The van der Waals surface area contributed by atoms with Crippen molar-refractivity contribution in [2.24, 2.45) is 0 Å². The highest BCUT2D eigenvalue weighted by atomic mass is 16.5. The number of hydrogen-bond acceptors (Lipinski definition) is 5. The van der Waals surface area contributed by atoms with Gasteiger partial charge in [-0.1, -0.05) is 24.3 Å². The zero-order valence-corrected chi connectivity index (χ0v) is 15.9. The topological polar surface area (TPSA) is 69.9 Å². The first kappa shape index (κ1) is 18.6. The summed E-state index contributed by atoms with van der Waals surface area (Å²) in [5.74, 6) is 2.07. The lowest BCUT2D eigenvalue weighted by Crippen LogP contribution is -2.28. The molecule has 3 rings (SSSR count). The standard InChI is InChI=1S/C21H23NO5/c1-13(18-11-14-7-5-6-8-16(14)27-18)22-19(23)12-15-9-10-17(24-2)21(26-4)20(15)25-3/h5-11,13H,12H2,1-4H3,(H,22,23). The van der Waals surface area contributed by atoms with Gasteiger partial charge in [0.15, 0.2) is 11.5 Å². The molecule has 0 bridgehead atoms. The Kier molecular flexibility index (Phi) is 5.54. The van der Waals surface area contributed by atoms with Gasteiger partial charge >= 0.3 is 0 Å². The van der Waals surface area contributed by atoms with Crippen molar-refractivity contribution in [2.45, 2.75) is 19.4 Å². The van der Waals surface area contributed by atoms with Gasteiger partial charge in [-0.05, 0) is 25.1 Å². The molecule has 142 valence electrons. The van der Waals surface area contributed by atoms with Crippen LogP contribution in [0.3, 0.4) is 0 Å². The summed E-state index contributed by atoms with van der Waals surface area (Å²) < 4.78 is 21.9. The van der Waals surface area contributed by atoms with Crippen molar-refractivity contribution >= 4 is 16.9 Å². The van der Waals surface area contributed by atoms with E-state index in [9.17, 15) is 4.79 Å². The SMILES string of the molecule is COc1ccc(CC(=O)NC(C)c2cc3ccccc3o2)c(OC)c1OC. The van der Waals surface area contributed by atoms with Gasteiger partial charge < -0.3 is 23.9 Å². The van der Waals surface area contributed by atoms with E-state index in [1.54, 1.807) is 19.2 Å². The van der Waals surface area contributed by atoms with Crippen molar-refractivity contribution in [1.29, 1.82) is 0 Å². The Morgan fingerprint density at radius 1 is 1.04 bits per heavy atom. The molecule has 3 aromatic rings. The minimum absolute atomic E-state index is 0.145.